The molecule has 0 radical (unpaired) electrons. The molecule has 0 spiro atoms. The Morgan fingerprint density at radius 2 is 2.00 bits per heavy atom. The maximum atomic E-state index is 11.1. The number of phenolic OH excluding ortho intramolecular Hbond substituents is 1. The van der Waals surface area contributed by atoms with E-state index in [0.717, 1.165) is 0 Å². The number of amides is 1. The molecular formula is C9H6Cl2N4O2. The smallest absolute Gasteiger partial charge is 0.271 e. The second-order valence-corrected chi connectivity index (χ2v) is 3.90. The van der Waals surface area contributed by atoms with Crippen LogP contribution in [0.2, 0.25) is 10.0 Å². The van der Waals surface area contributed by atoms with Gasteiger partial charge in [-0.25, -0.2) is 0 Å². The predicted octanol–water partition coefficient (Wildman–Crippen LogP) is 1.58. The minimum atomic E-state index is -0.742. The summed E-state index contributed by atoms with van der Waals surface area (Å²) in [6, 6.07) is 2.80. The van der Waals surface area contributed by atoms with Gasteiger partial charge in [-0.1, -0.05) is 23.2 Å². The summed E-state index contributed by atoms with van der Waals surface area (Å²) in [6.07, 6.45) is 0. The van der Waals surface area contributed by atoms with Gasteiger partial charge in [0.2, 0.25) is 0 Å². The quantitative estimate of drug-likeness (QED) is 0.772. The molecule has 1 heterocycles. The Kier molecular flexibility index (Phi) is 2.91. The maximum Gasteiger partial charge on any atom is 0.271 e. The molecule has 0 unspecified atom stereocenters. The zero-order valence-corrected chi connectivity index (χ0v) is 9.75. The van der Waals surface area contributed by atoms with Crippen molar-refractivity contribution in [2.45, 2.75) is 0 Å². The number of primary amides is 1. The van der Waals surface area contributed by atoms with Gasteiger partial charge in [0.1, 0.15) is 16.5 Å². The average molecular weight is 273 g/mol. The summed E-state index contributed by atoms with van der Waals surface area (Å²) in [6.45, 7) is 0. The standard InChI is InChI=1S/C9H6Cl2N4O2/c10-5-3(1-2-4(16)6(5)11)7-8(9(12)17)14-15-13-7/h1-2,16H,(H2,12,17)(H,13,14,15). The molecular weight excluding hydrogens is 267 g/mol. The van der Waals surface area contributed by atoms with Crippen molar-refractivity contribution >= 4 is 29.1 Å². The number of hydrogen-bond donors (Lipinski definition) is 3. The summed E-state index contributed by atoms with van der Waals surface area (Å²) in [7, 11) is 0. The van der Waals surface area contributed by atoms with Gasteiger partial charge in [0, 0.05) is 5.56 Å². The third kappa shape index (κ3) is 1.92. The van der Waals surface area contributed by atoms with Crippen molar-refractivity contribution in [1.29, 1.82) is 0 Å². The molecule has 1 aromatic carbocycles. The Balaban J connectivity index is 2.65. The van der Waals surface area contributed by atoms with Crippen molar-refractivity contribution < 1.29 is 9.90 Å². The highest BCUT2D eigenvalue weighted by Crippen LogP contribution is 2.38. The normalized spacial score (nSPS) is 10.5. The van der Waals surface area contributed by atoms with E-state index < -0.39 is 5.91 Å². The molecule has 8 heteroatoms. The van der Waals surface area contributed by atoms with E-state index in [1.807, 2.05) is 0 Å². The Morgan fingerprint density at radius 1 is 1.29 bits per heavy atom. The first-order chi connectivity index (χ1) is 8.02. The number of phenols is 1. The van der Waals surface area contributed by atoms with E-state index in [2.05, 4.69) is 15.4 Å². The van der Waals surface area contributed by atoms with Crippen LogP contribution in [-0.2, 0) is 0 Å². The third-order valence-corrected chi connectivity index (χ3v) is 2.97. The van der Waals surface area contributed by atoms with Crippen molar-refractivity contribution in [3.05, 3.63) is 27.9 Å². The molecule has 2 rings (SSSR count). The number of rotatable bonds is 2. The molecule has 2 aromatic rings. The van der Waals surface area contributed by atoms with Crippen LogP contribution in [-0.4, -0.2) is 26.4 Å². The van der Waals surface area contributed by atoms with Crippen molar-refractivity contribution in [2.24, 2.45) is 5.73 Å². The number of halogens is 2. The van der Waals surface area contributed by atoms with E-state index in [1.165, 1.54) is 12.1 Å². The van der Waals surface area contributed by atoms with E-state index in [1.54, 1.807) is 0 Å². The van der Waals surface area contributed by atoms with Crippen LogP contribution in [0, 0.1) is 0 Å². The molecule has 0 aliphatic rings. The number of H-pyrrole nitrogens is 1. The highest BCUT2D eigenvalue weighted by atomic mass is 35.5. The van der Waals surface area contributed by atoms with Crippen molar-refractivity contribution in [2.75, 3.05) is 0 Å². The highest BCUT2D eigenvalue weighted by molar-refractivity contribution is 6.44. The summed E-state index contributed by atoms with van der Waals surface area (Å²) >= 11 is 11.7. The number of aromatic hydroxyl groups is 1. The molecule has 17 heavy (non-hydrogen) atoms. The second kappa shape index (κ2) is 4.23. The number of aromatic nitrogens is 3. The van der Waals surface area contributed by atoms with Crippen LogP contribution in [0.25, 0.3) is 11.3 Å². The molecule has 4 N–H and O–H groups in total. The van der Waals surface area contributed by atoms with E-state index in [-0.39, 0.29) is 27.2 Å². The lowest BCUT2D eigenvalue weighted by Crippen LogP contribution is -2.12. The SMILES string of the molecule is NC(=O)c1n[nH]nc1-c1ccc(O)c(Cl)c1Cl. The van der Waals surface area contributed by atoms with Crippen LogP contribution in [0.5, 0.6) is 5.75 Å². The number of carbonyl (C=O) groups excluding carboxylic acids is 1. The fourth-order valence-electron chi connectivity index (χ4n) is 1.31. The number of nitrogens with zero attached hydrogens (tertiary/aromatic N) is 2. The predicted molar refractivity (Wildman–Crippen MR) is 62.0 cm³/mol. The zero-order chi connectivity index (χ0) is 12.6. The van der Waals surface area contributed by atoms with Crippen molar-refractivity contribution in [3.63, 3.8) is 0 Å². The van der Waals surface area contributed by atoms with E-state index >= 15 is 0 Å². The van der Waals surface area contributed by atoms with Gasteiger partial charge >= 0.3 is 0 Å². The van der Waals surface area contributed by atoms with Crippen LogP contribution >= 0.6 is 23.2 Å². The lowest BCUT2D eigenvalue weighted by atomic mass is 10.1. The van der Waals surface area contributed by atoms with Gasteiger partial charge in [-0.3, -0.25) is 4.79 Å². The molecule has 1 amide bonds. The Hall–Kier alpha value is -1.79. The highest BCUT2D eigenvalue weighted by Gasteiger charge is 2.19. The van der Waals surface area contributed by atoms with Crippen molar-refractivity contribution in [1.82, 2.24) is 15.4 Å². The minimum Gasteiger partial charge on any atom is -0.506 e. The topological polar surface area (TPSA) is 105 Å². The van der Waals surface area contributed by atoms with Gasteiger partial charge in [0.05, 0.1) is 5.02 Å². The molecule has 6 nitrogen and oxygen atoms in total. The molecule has 0 saturated carbocycles. The average Bonchev–Trinajstić information content (AvgIpc) is 2.75. The second-order valence-electron chi connectivity index (χ2n) is 3.15. The first-order valence-corrected chi connectivity index (χ1v) is 5.16. The molecule has 0 fully saturated rings. The van der Waals surface area contributed by atoms with Gasteiger partial charge < -0.3 is 10.8 Å². The number of hydrogen-bond acceptors (Lipinski definition) is 4. The van der Waals surface area contributed by atoms with Gasteiger partial charge in [-0.05, 0) is 12.1 Å². The lowest BCUT2D eigenvalue weighted by Gasteiger charge is -2.05. The van der Waals surface area contributed by atoms with Crippen LogP contribution in [0.1, 0.15) is 10.5 Å². The summed E-state index contributed by atoms with van der Waals surface area (Å²) < 4.78 is 0. The summed E-state index contributed by atoms with van der Waals surface area (Å²) in [4.78, 5) is 11.1. The van der Waals surface area contributed by atoms with E-state index in [0.29, 0.717) is 5.56 Å². The molecule has 0 aliphatic heterocycles. The summed E-state index contributed by atoms with van der Waals surface area (Å²) in [5.74, 6) is -0.904. The molecule has 0 bridgehead atoms. The van der Waals surface area contributed by atoms with Crippen LogP contribution in [0.4, 0.5) is 0 Å². The zero-order valence-electron chi connectivity index (χ0n) is 8.24. The molecule has 0 saturated heterocycles. The Morgan fingerprint density at radius 3 is 2.65 bits per heavy atom. The van der Waals surface area contributed by atoms with E-state index in [4.69, 9.17) is 28.9 Å². The molecule has 1 aromatic heterocycles. The van der Waals surface area contributed by atoms with Crippen LogP contribution < -0.4 is 5.73 Å². The van der Waals surface area contributed by atoms with Gasteiger partial charge in [-0.2, -0.15) is 15.4 Å². The van der Waals surface area contributed by atoms with Gasteiger partial charge in [0.25, 0.3) is 5.91 Å². The van der Waals surface area contributed by atoms with Gasteiger partial charge in [-0.15, -0.1) is 0 Å². The first-order valence-electron chi connectivity index (χ1n) is 4.40. The Labute approximate surface area is 105 Å². The first kappa shape index (κ1) is 11.7. The molecule has 88 valence electrons. The number of carbonyl (C=O) groups is 1. The van der Waals surface area contributed by atoms with Crippen LogP contribution in [0.15, 0.2) is 12.1 Å². The number of benzene rings is 1. The number of aromatic amines is 1. The third-order valence-electron chi connectivity index (χ3n) is 2.10. The van der Waals surface area contributed by atoms with Gasteiger partial charge in [0.15, 0.2) is 5.69 Å². The monoisotopic (exact) mass is 272 g/mol. The summed E-state index contributed by atoms with van der Waals surface area (Å²) in [5, 5.41) is 19.1. The number of nitrogens with one attached hydrogen (secondary N) is 1. The molecule has 0 aliphatic carbocycles. The maximum absolute atomic E-state index is 11.1. The van der Waals surface area contributed by atoms with E-state index in [9.17, 15) is 9.90 Å². The largest absolute Gasteiger partial charge is 0.506 e. The lowest BCUT2D eigenvalue weighted by molar-refractivity contribution is 0.0996. The van der Waals surface area contributed by atoms with Crippen LogP contribution in [0.3, 0.4) is 0 Å². The summed E-state index contributed by atoms with van der Waals surface area (Å²) in [5.41, 5.74) is 5.62. The van der Waals surface area contributed by atoms with Crippen molar-refractivity contribution in [3.8, 4) is 17.0 Å². The molecule has 0 atom stereocenters. The fourth-order valence-corrected chi connectivity index (χ4v) is 1.73. The minimum absolute atomic E-state index is 0.0254. The Bertz CT molecular complexity index is 597. The fraction of sp³-hybridized carbons (Fsp3) is 0. The number of nitrogens with two attached hydrogens (primary N) is 1.